The third-order valence-corrected chi connectivity index (χ3v) is 4.35. The molecule has 1 N–H and O–H groups in total. The molecule has 1 fully saturated rings. The lowest BCUT2D eigenvalue weighted by Gasteiger charge is -2.26. The van der Waals surface area contributed by atoms with Gasteiger partial charge in [0.05, 0.1) is 5.25 Å². The molecule has 0 saturated carbocycles. The summed E-state index contributed by atoms with van der Waals surface area (Å²) in [6.45, 7) is 3.91. The lowest BCUT2D eigenvalue weighted by Crippen LogP contribution is -2.49. The average molecular weight is 209 g/mol. The molecule has 1 unspecified atom stereocenters. The monoisotopic (exact) mass is 209 g/mol. The van der Waals surface area contributed by atoms with Crippen LogP contribution in [0.5, 0.6) is 0 Å². The Morgan fingerprint density at radius 1 is 1.43 bits per heavy atom. The normalized spacial score (nSPS) is 18.9. The van der Waals surface area contributed by atoms with Gasteiger partial charge in [0, 0.05) is 29.6 Å². The molecular weight excluding hydrogens is 194 g/mol. The second-order valence-corrected chi connectivity index (χ2v) is 5.45. The summed E-state index contributed by atoms with van der Waals surface area (Å²) < 4.78 is 11.8. The molecule has 1 aliphatic rings. The third kappa shape index (κ3) is 2.04. The van der Waals surface area contributed by atoms with Gasteiger partial charge in [-0.05, 0) is 18.1 Å². The van der Waals surface area contributed by atoms with Gasteiger partial charge in [-0.1, -0.05) is 24.3 Å². The molecule has 0 radical (unpaired) electrons. The van der Waals surface area contributed by atoms with Gasteiger partial charge < -0.3 is 5.32 Å². The van der Waals surface area contributed by atoms with Crippen molar-refractivity contribution in [1.29, 1.82) is 0 Å². The van der Waals surface area contributed by atoms with Crippen LogP contribution in [0.4, 0.5) is 0 Å². The Morgan fingerprint density at radius 3 is 2.71 bits per heavy atom. The second kappa shape index (κ2) is 4.24. The zero-order valence-corrected chi connectivity index (χ0v) is 9.14. The molecule has 1 aromatic carbocycles. The Bertz CT molecular complexity index is 347. The minimum Gasteiger partial charge on any atom is -0.314 e. The quantitative estimate of drug-likeness (QED) is 0.811. The molecule has 0 aromatic heterocycles. The highest BCUT2D eigenvalue weighted by molar-refractivity contribution is 7.85. The summed E-state index contributed by atoms with van der Waals surface area (Å²) >= 11 is 0. The van der Waals surface area contributed by atoms with E-state index < -0.39 is 10.8 Å². The lowest BCUT2D eigenvalue weighted by atomic mass is 10.1. The van der Waals surface area contributed by atoms with Crippen LogP contribution in [0.3, 0.4) is 0 Å². The summed E-state index contributed by atoms with van der Waals surface area (Å²) in [6.07, 6.45) is 0. The molecule has 1 aliphatic heterocycles. The molecule has 0 spiro atoms. The summed E-state index contributed by atoms with van der Waals surface area (Å²) in [4.78, 5) is 0. The van der Waals surface area contributed by atoms with E-state index in [9.17, 15) is 4.21 Å². The van der Waals surface area contributed by atoms with Crippen LogP contribution in [0.15, 0.2) is 24.3 Å². The predicted molar refractivity (Wildman–Crippen MR) is 59.7 cm³/mol. The summed E-state index contributed by atoms with van der Waals surface area (Å²) in [5.74, 6) is 0.707. The molecule has 76 valence electrons. The SMILES string of the molecule is Cc1ccccc1CS(=O)C1CNC1. The molecule has 1 heterocycles. The molecule has 14 heavy (non-hydrogen) atoms. The van der Waals surface area contributed by atoms with E-state index in [4.69, 9.17) is 0 Å². The van der Waals surface area contributed by atoms with Crippen LogP contribution >= 0.6 is 0 Å². The largest absolute Gasteiger partial charge is 0.314 e. The van der Waals surface area contributed by atoms with Crippen molar-refractivity contribution in [2.75, 3.05) is 13.1 Å². The van der Waals surface area contributed by atoms with Crippen molar-refractivity contribution < 1.29 is 4.21 Å². The highest BCUT2D eigenvalue weighted by Gasteiger charge is 2.23. The maximum atomic E-state index is 11.8. The van der Waals surface area contributed by atoms with Crippen molar-refractivity contribution in [3.05, 3.63) is 35.4 Å². The lowest BCUT2D eigenvalue weighted by molar-refractivity contribution is 0.525. The number of hydrogen-bond donors (Lipinski definition) is 1. The molecule has 2 rings (SSSR count). The van der Waals surface area contributed by atoms with Gasteiger partial charge in [0.1, 0.15) is 0 Å². The number of nitrogens with one attached hydrogen (secondary N) is 1. The first kappa shape index (κ1) is 9.87. The number of aryl methyl sites for hydroxylation is 1. The maximum Gasteiger partial charge on any atom is 0.0600 e. The average Bonchev–Trinajstić information content (AvgIpc) is 2.05. The van der Waals surface area contributed by atoms with E-state index in [0.29, 0.717) is 11.0 Å². The van der Waals surface area contributed by atoms with Gasteiger partial charge in [-0.15, -0.1) is 0 Å². The molecule has 3 heteroatoms. The van der Waals surface area contributed by atoms with Gasteiger partial charge in [-0.25, -0.2) is 0 Å². The van der Waals surface area contributed by atoms with E-state index in [2.05, 4.69) is 24.4 Å². The zero-order chi connectivity index (χ0) is 9.97. The first-order chi connectivity index (χ1) is 6.77. The minimum absolute atomic E-state index is 0.370. The third-order valence-electron chi connectivity index (χ3n) is 2.67. The van der Waals surface area contributed by atoms with Crippen LogP contribution in [0, 0.1) is 6.92 Å². The summed E-state index contributed by atoms with van der Waals surface area (Å²) in [5, 5.41) is 3.52. The van der Waals surface area contributed by atoms with E-state index in [1.807, 2.05) is 12.1 Å². The standard InChI is InChI=1S/C11H15NOS/c1-9-4-2-3-5-10(9)8-14(13)11-6-12-7-11/h2-5,11-12H,6-8H2,1H3. The Morgan fingerprint density at radius 2 is 2.14 bits per heavy atom. The van der Waals surface area contributed by atoms with E-state index >= 15 is 0 Å². The van der Waals surface area contributed by atoms with Gasteiger partial charge >= 0.3 is 0 Å². The van der Waals surface area contributed by atoms with Crippen LogP contribution in [0.2, 0.25) is 0 Å². The molecule has 1 atom stereocenters. The van der Waals surface area contributed by atoms with Crippen LogP contribution in [-0.2, 0) is 16.6 Å². The van der Waals surface area contributed by atoms with Crippen molar-refractivity contribution in [2.24, 2.45) is 0 Å². The highest BCUT2D eigenvalue weighted by atomic mass is 32.2. The van der Waals surface area contributed by atoms with Crippen LogP contribution in [0.1, 0.15) is 11.1 Å². The van der Waals surface area contributed by atoms with E-state index in [1.54, 1.807) is 0 Å². The zero-order valence-electron chi connectivity index (χ0n) is 8.32. The van der Waals surface area contributed by atoms with Crippen LogP contribution in [-0.4, -0.2) is 22.5 Å². The first-order valence-corrected chi connectivity index (χ1v) is 6.28. The highest BCUT2D eigenvalue weighted by Crippen LogP contribution is 2.13. The number of hydrogen-bond acceptors (Lipinski definition) is 2. The fraction of sp³-hybridized carbons (Fsp3) is 0.455. The van der Waals surface area contributed by atoms with Crippen LogP contribution < -0.4 is 5.32 Å². The fourth-order valence-corrected chi connectivity index (χ4v) is 2.96. The molecule has 1 aromatic rings. The van der Waals surface area contributed by atoms with Crippen molar-refractivity contribution in [2.45, 2.75) is 17.9 Å². The van der Waals surface area contributed by atoms with Gasteiger partial charge in [0.2, 0.25) is 0 Å². The Kier molecular flexibility index (Phi) is 2.99. The predicted octanol–water partition coefficient (Wildman–Crippen LogP) is 1.22. The van der Waals surface area contributed by atoms with Crippen molar-refractivity contribution in [3.63, 3.8) is 0 Å². The van der Waals surface area contributed by atoms with Gasteiger partial charge in [-0.2, -0.15) is 0 Å². The fourth-order valence-electron chi connectivity index (χ4n) is 1.49. The van der Waals surface area contributed by atoms with E-state index in [-0.39, 0.29) is 0 Å². The Labute approximate surface area is 87.2 Å². The summed E-state index contributed by atoms with van der Waals surface area (Å²) in [5.41, 5.74) is 2.46. The van der Waals surface area contributed by atoms with Gasteiger partial charge in [0.15, 0.2) is 0 Å². The van der Waals surface area contributed by atoms with Gasteiger partial charge in [0.25, 0.3) is 0 Å². The number of rotatable bonds is 3. The topological polar surface area (TPSA) is 29.1 Å². The van der Waals surface area contributed by atoms with Gasteiger partial charge in [-0.3, -0.25) is 4.21 Å². The van der Waals surface area contributed by atoms with Crippen molar-refractivity contribution in [1.82, 2.24) is 5.32 Å². The van der Waals surface area contributed by atoms with E-state index in [0.717, 1.165) is 13.1 Å². The maximum absolute atomic E-state index is 11.8. The molecule has 1 saturated heterocycles. The summed E-state index contributed by atoms with van der Waals surface area (Å²) in [7, 11) is -0.702. The van der Waals surface area contributed by atoms with E-state index in [1.165, 1.54) is 11.1 Å². The number of benzene rings is 1. The Balaban J connectivity index is 2.03. The molecular formula is C11H15NOS. The molecule has 2 nitrogen and oxygen atoms in total. The Hall–Kier alpha value is -0.670. The smallest absolute Gasteiger partial charge is 0.0600 e. The van der Waals surface area contributed by atoms with Crippen molar-refractivity contribution >= 4 is 10.8 Å². The second-order valence-electron chi connectivity index (χ2n) is 3.73. The molecule has 0 bridgehead atoms. The first-order valence-electron chi connectivity index (χ1n) is 4.90. The van der Waals surface area contributed by atoms with Crippen molar-refractivity contribution in [3.8, 4) is 0 Å². The van der Waals surface area contributed by atoms with Crippen LogP contribution in [0.25, 0.3) is 0 Å². The molecule has 0 amide bonds. The molecule has 0 aliphatic carbocycles. The minimum atomic E-state index is -0.702. The summed E-state index contributed by atoms with van der Waals surface area (Å²) in [6, 6.07) is 8.18.